The molecule has 1 amide bonds. The molecule has 0 heterocycles. The lowest BCUT2D eigenvalue weighted by molar-refractivity contribution is -0.121. The Kier molecular flexibility index (Phi) is 6.33. The van der Waals surface area contributed by atoms with Gasteiger partial charge in [0.15, 0.2) is 0 Å². The number of unbranched alkanes of at least 4 members (excludes halogenated alkanes) is 2. The van der Waals surface area contributed by atoms with Crippen LogP contribution in [0.2, 0.25) is 5.02 Å². The van der Waals surface area contributed by atoms with Gasteiger partial charge in [0, 0.05) is 11.4 Å². The molecule has 3 nitrogen and oxygen atoms in total. The van der Waals surface area contributed by atoms with Crippen LogP contribution in [0, 0.1) is 0 Å². The number of carbonyl (C=O) groups is 1. The molecule has 0 aliphatic rings. The van der Waals surface area contributed by atoms with Crippen LogP contribution < -0.4 is 5.43 Å². The summed E-state index contributed by atoms with van der Waals surface area (Å²) in [5, 5.41) is 4.57. The fourth-order valence-electron chi connectivity index (χ4n) is 1.32. The van der Waals surface area contributed by atoms with Gasteiger partial charge in [-0.2, -0.15) is 5.10 Å². The molecule has 1 N–H and O–H groups in total. The van der Waals surface area contributed by atoms with E-state index in [1.54, 1.807) is 18.3 Å². The molecule has 4 heteroatoms. The molecule has 0 aliphatic heterocycles. The molecule has 1 rings (SSSR count). The quantitative estimate of drug-likeness (QED) is 0.471. The maximum atomic E-state index is 11.3. The van der Waals surface area contributed by atoms with Crippen molar-refractivity contribution in [3.63, 3.8) is 0 Å². The molecule has 92 valence electrons. The smallest absolute Gasteiger partial charge is 0.240 e. The number of hydrogen-bond acceptors (Lipinski definition) is 2. The fraction of sp³-hybridized carbons (Fsp3) is 0.385. The minimum absolute atomic E-state index is 0.0383. The molecule has 0 atom stereocenters. The van der Waals surface area contributed by atoms with E-state index in [0.29, 0.717) is 11.4 Å². The zero-order valence-electron chi connectivity index (χ0n) is 9.95. The summed E-state index contributed by atoms with van der Waals surface area (Å²) >= 11 is 5.75. The maximum Gasteiger partial charge on any atom is 0.240 e. The number of amides is 1. The van der Waals surface area contributed by atoms with E-state index in [-0.39, 0.29) is 5.91 Å². The fourth-order valence-corrected chi connectivity index (χ4v) is 1.45. The molecule has 0 saturated carbocycles. The third-order valence-electron chi connectivity index (χ3n) is 2.28. The molecule has 17 heavy (non-hydrogen) atoms. The number of carbonyl (C=O) groups excluding carboxylic acids is 1. The van der Waals surface area contributed by atoms with Gasteiger partial charge in [0.25, 0.3) is 0 Å². The van der Waals surface area contributed by atoms with Gasteiger partial charge in [-0.1, -0.05) is 43.5 Å². The number of halogens is 1. The van der Waals surface area contributed by atoms with Crippen LogP contribution >= 0.6 is 11.6 Å². The Morgan fingerprint density at radius 1 is 1.35 bits per heavy atom. The van der Waals surface area contributed by atoms with Crippen molar-refractivity contribution in [2.24, 2.45) is 5.10 Å². The molecule has 0 radical (unpaired) electrons. The molecule has 0 bridgehead atoms. The molecule has 0 unspecified atom stereocenters. The molecule has 0 aromatic heterocycles. The van der Waals surface area contributed by atoms with Gasteiger partial charge in [0.1, 0.15) is 0 Å². The Balaban J connectivity index is 2.29. The first-order valence-electron chi connectivity index (χ1n) is 5.80. The molecule has 1 aromatic rings. The van der Waals surface area contributed by atoms with Crippen LogP contribution in [-0.2, 0) is 4.79 Å². The van der Waals surface area contributed by atoms with Crippen LogP contribution in [0.15, 0.2) is 29.4 Å². The number of nitrogens with zero attached hydrogens (tertiary/aromatic N) is 1. The van der Waals surface area contributed by atoms with Gasteiger partial charge < -0.3 is 0 Å². The monoisotopic (exact) mass is 252 g/mol. The number of hydrazone groups is 1. The summed E-state index contributed by atoms with van der Waals surface area (Å²) in [5.74, 6) is -0.0383. The highest BCUT2D eigenvalue weighted by Gasteiger charge is 1.97. The second kappa shape index (κ2) is 7.85. The second-order valence-corrected chi connectivity index (χ2v) is 4.24. The summed E-state index contributed by atoms with van der Waals surface area (Å²) in [6.07, 6.45) is 5.24. The molecule has 0 fully saturated rings. The molecular weight excluding hydrogens is 236 g/mol. The normalized spacial score (nSPS) is 10.7. The van der Waals surface area contributed by atoms with Crippen molar-refractivity contribution in [2.45, 2.75) is 32.6 Å². The summed E-state index contributed by atoms with van der Waals surface area (Å²) in [6.45, 7) is 2.11. The molecule has 1 aromatic carbocycles. The van der Waals surface area contributed by atoms with Crippen molar-refractivity contribution in [3.8, 4) is 0 Å². The Labute approximate surface area is 107 Å². The summed E-state index contributed by atoms with van der Waals surface area (Å²) in [6, 6.07) is 7.25. The largest absolute Gasteiger partial charge is 0.273 e. The minimum atomic E-state index is -0.0383. The summed E-state index contributed by atoms with van der Waals surface area (Å²) in [7, 11) is 0. The van der Waals surface area contributed by atoms with Crippen molar-refractivity contribution in [1.82, 2.24) is 5.43 Å². The average Bonchev–Trinajstić information content (AvgIpc) is 2.32. The first-order valence-corrected chi connectivity index (χ1v) is 6.17. The highest BCUT2D eigenvalue weighted by molar-refractivity contribution is 6.30. The van der Waals surface area contributed by atoms with Gasteiger partial charge in [-0.15, -0.1) is 0 Å². The van der Waals surface area contributed by atoms with Crippen LogP contribution in [0.3, 0.4) is 0 Å². The van der Waals surface area contributed by atoms with Crippen molar-refractivity contribution in [2.75, 3.05) is 0 Å². The lowest BCUT2D eigenvalue weighted by Crippen LogP contribution is -2.16. The highest BCUT2D eigenvalue weighted by Crippen LogP contribution is 2.07. The number of rotatable bonds is 6. The van der Waals surface area contributed by atoms with E-state index in [4.69, 9.17) is 11.6 Å². The van der Waals surface area contributed by atoms with Gasteiger partial charge in [0.05, 0.1) is 6.21 Å². The topological polar surface area (TPSA) is 41.5 Å². The van der Waals surface area contributed by atoms with Gasteiger partial charge in [-0.3, -0.25) is 4.79 Å². The van der Waals surface area contributed by atoms with Crippen molar-refractivity contribution < 1.29 is 4.79 Å². The SMILES string of the molecule is CCCCCC(=O)NN=Cc1ccc(Cl)cc1. The molecule has 0 aliphatic carbocycles. The summed E-state index contributed by atoms with van der Waals surface area (Å²) in [5.41, 5.74) is 3.41. The van der Waals surface area contributed by atoms with E-state index in [1.165, 1.54) is 0 Å². The van der Waals surface area contributed by atoms with Crippen molar-refractivity contribution >= 4 is 23.7 Å². The lowest BCUT2D eigenvalue weighted by Gasteiger charge is -1.98. The van der Waals surface area contributed by atoms with Crippen LogP contribution in [0.25, 0.3) is 0 Å². The Hall–Kier alpha value is -1.35. The van der Waals surface area contributed by atoms with Crippen molar-refractivity contribution in [1.29, 1.82) is 0 Å². The predicted molar refractivity (Wildman–Crippen MR) is 71.3 cm³/mol. The Bertz CT molecular complexity index is 374. The molecule has 0 spiro atoms. The first kappa shape index (κ1) is 13.7. The average molecular weight is 253 g/mol. The number of nitrogens with one attached hydrogen (secondary N) is 1. The van der Waals surface area contributed by atoms with E-state index >= 15 is 0 Å². The maximum absolute atomic E-state index is 11.3. The lowest BCUT2D eigenvalue weighted by atomic mass is 10.2. The van der Waals surface area contributed by atoms with E-state index in [0.717, 1.165) is 24.8 Å². The van der Waals surface area contributed by atoms with E-state index in [1.807, 2.05) is 12.1 Å². The van der Waals surface area contributed by atoms with Crippen LogP contribution in [0.4, 0.5) is 0 Å². The Morgan fingerprint density at radius 3 is 2.71 bits per heavy atom. The third kappa shape index (κ3) is 6.07. The third-order valence-corrected chi connectivity index (χ3v) is 2.53. The number of hydrogen-bond donors (Lipinski definition) is 1. The Morgan fingerprint density at radius 2 is 2.06 bits per heavy atom. The zero-order valence-corrected chi connectivity index (χ0v) is 10.7. The van der Waals surface area contributed by atoms with Crippen LogP contribution in [0.1, 0.15) is 38.2 Å². The van der Waals surface area contributed by atoms with Crippen LogP contribution in [0.5, 0.6) is 0 Å². The zero-order chi connectivity index (χ0) is 12.5. The summed E-state index contributed by atoms with van der Waals surface area (Å²) < 4.78 is 0. The predicted octanol–water partition coefficient (Wildman–Crippen LogP) is 3.37. The van der Waals surface area contributed by atoms with Gasteiger partial charge in [0.2, 0.25) is 5.91 Å². The standard InChI is InChI=1S/C13H17ClN2O/c1-2-3-4-5-13(17)16-15-10-11-6-8-12(14)9-7-11/h6-10H,2-5H2,1H3,(H,16,17). The molecule has 0 saturated heterocycles. The second-order valence-electron chi connectivity index (χ2n) is 3.80. The van der Waals surface area contributed by atoms with Gasteiger partial charge in [-0.25, -0.2) is 5.43 Å². The summed E-state index contributed by atoms with van der Waals surface area (Å²) in [4.78, 5) is 11.3. The van der Waals surface area contributed by atoms with E-state index < -0.39 is 0 Å². The first-order chi connectivity index (χ1) is 8.22. The minimum Gasteiger partial charge on any atom is -0.273 e. The van der Waals surface area contributed by atoms with E-state index in [9.17, 15) is 4.79 Å². The molecular formula is C13H17ClN2O. The van der Waals surface area contributed by atoms with Crippen molar-refractivity contribution in [3.05, 3.63) is 34.9 Å². The number of benzene rings is 1. The van der Waals surface area contributed by atoms with Crippen LogP contribution in [-0.4, -0.2) is 12.1 Å². The van der Waals surface area contributed by atoms with Gasteiger partial charge in [-0.05, 0) is 24.1 Å². The van der Waals surface area contributed by atoms with Gasteiger partial charge >= 0.3 is 0 Å². The highest BCUT2D eigenvalue weighted by atomic mass is 35.5. The van der Waals surface area contributed by atoms with E-state index in [2.05, 4.69) is 17.5 Å².